The number of hydrogen-bond donors (Lipinski definition) is 6. The smallest absolute Gasteiger partial charge is 0.108 e. The van der Waals surface area contributed by atoms with E-state index in [1.165, 1.54) is 57.8 Å². The summed E-state index contributed by atoms with van der Waals surface area (Å²) >= 11 is 0. The van der Waals surface area contributed by atoms with Crippen molar-refractivity contribution in [2.75, 3.05) is 6.61 Å². The fraction of sp³-hybridized carbons (Fsp3) is 1.00. The highest BCUT2D eigenvalue weighted by atomic mass is 16.5. The van der Waals surface area contributed by atoms with Crippen molar-refractivity contribution in [3.8, 4) is 0 Å². The van der Waals surface area contributed by atoms with Gasteiger partial charge in [0, 0.05) is 0 Å². The third-order valence-electron chi connectivity index (χ3n) is 6.80. The van der Waals surface area contributed by atoms with Crippen LogP contribution >= 0.6 is 0 Å². The minimum Gasteiger partial charge on any atom is -0.390 e. The van der Waals surface area contributed by atoms with Crippen molar-refractivity contribution in [2.45, 2.75) is 152 Å². The van der Waals surface area contributed by atoms with Gasteiger partial charge in [-0.15, -0.1) is 0 Å². The number of ether oxygens (including phenoxy) is 1. The fourth-order valence-corrected chi connectivity index (χ4v) is 4.48. The number of nitrogens with two attached hydrogens (primary N) is 1. The zero-order valence-electron chi connectivity index (χ0n) is 20.3. The molecule has 1 saturated carbocycles. The van der Waals surface area contributed by atoms with Crippen LogP contribution < -0.4 is 5.73 Å². The lowest BCUT2D eigenvalue weighted by molar-refractivity contribution is -0.121. The third kappa shape index (κ3) is 12.3. The average molecular weight is 462 g/mol. The molecule has 0 aliphatic heterocycles. The number of hydrogen-bond acceptors (Lipinski definition) is 7. The fourth-order valence-electron chi connectivity index (χ4n) is 4.48. The van der Waals surface area contributed by atoms with E-state index in [1.54, 1.807) is 0 Å². The number of unbranched alkanes of at least 4 members (excludes halogenated alkanes) is 11. The molecule has 0 aromatic carbocycles. The molecule has 0 aromatic heterocycles. The van der Waals surface area contributed by atoms with Crippen molar-refractivity contribution in [3.63, 3.8) is 0 Å². The summed E-state index contributed by atoms with van der Waals surface area (Å²) in [6.07, 6.45) is 11.0. The molecule has 192 valence electrons. The summed E-state index contributed by atoms with van der Waals surface area (Å²) < 4.78 is 5.63. The SMILES string of the molecule is CCCCCCCCCCCCCC[C@H](O)[C@H](O)[C@H](N)COC1CCC[C@H](O)[C@H](O)[C@H]1O. The maximum atomic E-state index is 10.3. The molecular formula is C25H51NO6. The molecule has 7 atom stereocenters. The Morgan fingerprint density at radius 2 is 1.31 bits per heavy atom. The van der Waals surface area contributed by atoms with Gasteiger partial charge in [-0.1, -0.05) is 84.0 Å². The Kier molecular flexibility index (Phi) is 16.8. The molecule has 0 radical (unpaired) electrons. The summed E-state index contributed by atoms with van der Waals surface area (Å²) in [6, 6.07) is -0.778. The minimum atomic E-state index is -1.25. The first-order valence-corrected chi connectivity index (χ1v) is 13.2. The largest absolute Gasteiger partial charge is 0.390 e. The van der Waals surface area contributed by atoms with Gasteiger partial charge >= 0.3 is 0 Å². The molecule has 7 N–H and O–H groups in total. The van der Waals surface area contributed by atoms with Gasteiger partial charge in [-0.25, -0.2) is 0 Å². The Morgan fingerprint density at radius 1 is 0.781 bits per heavy atom. The van der Waals surface area contributed by atoms with Crippen molar-refractivity contribution >= 4 is 0 Å². The molecule has 1 unspecified atom stereocenters. The Bertz CT molecular complexity index is 441. The number of aliphatic hydroxyl groups is 5. The Morgan fingerprint density at radius 3 is 1.88 bits per heavy atom. The van der Waals surface area contributed by atoms with Crippen molar-refractivity contribution < 1.29 is 30.3 Å². The quantitative estimate of drug-likeness (QED) is 0.136. The van der Waals surface area contributed by atoms with Gasteiger partial charge in [-0.2, -0.15) is 0 Å². The molecule has 1 aliphatic rings. The second kappa shape index (κ2) is 18.1. The number of rotatable bonds is 18. The van der Waals surface area contributed by atoms with Crippen LogP contribution in [-0.4, -0.2) is 74.8 Å². The molecule has 1 aliphatic carbocycles. The lowest BCUT2D eigenvalue weighted by atomic mass is 9.99. The van der Waals surface area contributed by atoms with Crippen LogP contribution in [0.2, 0.25) is 0 Å². The zero-order chi connectivity index (χ0) is 23.8. The van der Waals surface area contributed by atoms with Gasteiger partial charge in [0.15, 0.2) is 0 Å². The van der Waals surface area contributed by atoms with E-state index in [4.69, 9.17) is 10.5 Å². The van der Waals surface area contributed by atoms with Gasteiger partial charge in [0.1, 0.15) is 12.2 Å². The molecule has 0 amide bonds. The molecule has 7 heteroatoms. The highest BCUT2D eigenvalue weighted by Crippen LogP contribution is 2.22. The second-order valence-corrected chi connectivity index (χ2v) is 9.75. The average Bonchev–Trinajstić information content (AvgIpc) is 2.90. The summed E-state index contributed by atoms with van der Waals surface area (Å²) in [5, 5.41) is 50.3. The summed E-state index contributed by atoms with van der Waals surface area (Å²) in [7, 11) is 0. The van der Waals surface area contributed by atoms with Gasteiger partial charge in [0.05, 0.1) is 37.1 Å². The molecule has 1 rings (SSSR count). The zero-order valence-corrected chi connectivity index (χ0v) is 20.3. The normalized spacial score (nSPS) is 27.1. The first kappa shape index (κ1) is 29.8. The maximum absolute atomic E-state index is 10.3. The summed E-state index contributed by atoms with van der Waals surface area (Å²) in [4.78, 5) is 0. The number of aliphatic hydroxyl groups excluding tert-OH is 5. The molecule has 0 heterocycles. The molecule has 32 heavy (non-hydrogen) atoms. The van der Waals surface area contributed by atoms with E-state index in [0.717, 1.165) is 19.3 Å². The Balaban J connectivity index is 2.08. The highest BCUT2D eigenvalue weighted by molar-refractivity contribution is 4.87. The van der Waals surface area contributed by atoms with Crippen LogP contribution in [0.3, 0.4) is 0 Å². The molecular weight excluding hydrogens is 410 g/mol. The Hall–Kier alpha value is -0.280. The lowest BCUT2D eigenvalue weighted by Gasteiger charge is -2.29. The van der Waals surface area contributed by atoms with Crippen LogP contribution in [0.5, 0.6) is 0 Å². The van der Waals surface area contributed by atoms with Crippen LogP contribution in [0.1, 0.15) is 110 Å². The standard InChI is InChI=1S/C25H51NO6/c1-2-3-4-5-6-7-8-9-10-11-12-13-15-20(27)23(29)19(26)18-32-22-17-14-16-21(28)24(30)25(22)31/h19-25,27-31H,2-18,26H2,1H3/t19-,20+,21+,22?,23-,24+,25+/m1/s1. The van der Waals surface area contributed by atoms with Crippen LogP contribution in [-0.2, 0) is 4.74 Å². The Labute approximate surface area is 195 Å². The van der Waals surface area contributed by atoms with Crippen molar-refractivity contribution in [1.29, 1.82) is 0 Å². The van der Waals surface area contributed by atoms with Crippen LogP contribution in [0, 0.1) is 0 Å². The van der Waals surface area contributed by atoms with E-state index in [9.17, 15) is 25.5 Å². The van der Waals surface area contributed by atoms with Gasteiger partial charge in [0.25, 0.3) is 0 Å². The first-order valence-electron chi connectivity index (χ1n) is 13.2. The third-order valence-corrected chi connectivity index (χ3v) is 6.80. The molecule has 1 fully saturated rings. The van der Waals surface area contributed by atoms with E-state index in [1.807, 2.05) is 0 Å². The van der Waals surface area contributed by atoms with Gasteiger partial charge in [-0.05, 0) is 25.7 Å². The maximum Gasteiger partial charge on any atom is 0.108 e. The van der Waals surface area contributed by atoms with Crippen molar-refractivity contribution in [2.24, 2.45) is 5.73 Å². The van der Waals surface area contributed by atoms with Gasteiger partial charge in [0.2, 0.25) is 0 Å². The monoisotopic (exact) mass is 461 g/mol. The predicted octanol–water partition coefficient (Wildman–Crippen LogP) is 2.78. The summed E-state index contributed by atoms with van der Waals surface area (Å²) in [5.74, 6) is 0. The van der Waals surface area contributed by atoms with E-state index in [-0.39, 0.29) is 6.61 Å². The molecule has 7 nitrogen and oxygen atoms in total. The first-order chi connectivity index (χ1) is 15.4. The van der Waals surface area contributed by atoms with E-state index >= 15 is 0 Å². The van der Waals surface area contributed by atoms with Crippen molar-refractivity contribution in [3.05, 3.63) is 0 Å². The van der Waals surface area contributed by atoms with Crippen LogP contribution in [0.25, 0.3) is 0 Å². The molecule has 0 aromatic rings. The lowest BCUT2D eigenvalue weighted by Crippen LogP contribution is -2.49. The topological polar surface area (TPSA) is 136 Å². The van der Waals surface area contributed by atoms with Crippen molar-refractivity contribution in [1.82, 2.24) is 0 Å². The van der Waals surface area contributed by atoms with E-state index < -0.39 is 42.7 Å². The van der Waals surface area contributed by atoms with E-state index in [2.05, 4.69) is 6.92 Å². The minimum absolute atomic E-state index is 0.0266. The summed E-state index contributed by atoms with van der Waals surface area (Å²) in [5.41, 5.74) is 5.99. The summed E-state index contributed by atoms with van der Waals surface area (Å²) in [6.45, 7) is 2.22. The molecule has 0 bridgehead atoms. The molecule has 0 saturated heterocycles. The predicted molar refractivity (Wildman–Crippen MR) is 127 cm³/mol. The van der Waals surface area contributed by atoms with E-state index in [0.29, 0.717) is 25.7 Å². The van der Waals surface area contributed by atoms with Crippen LogP contribution in [0.15, 0.2) is 0 Å². The second-order valence-electron chi connectivity index (χ2n) is 9.75. The van der Waals surface area contributed by atoms with Gasteiger partial charge < -0.3 is 36.0 Å². The van der Waals surface area contributed by atoms with Crippen LogP contribution in [0.4, 0.5) is 0 Å². The van der Waals surface area contributed by atoms with Gasteiger partial charge in [-0.3, -0.25) is 0 Å². The molecule has 0 spiro atoms. The highest BCUT2D eigenvalue weighted by Gasteiger charge is 2.35.